The number of nitrogens with zero attached hydrogens (tertiary/aromatic N) is 2. The maximum absolute atomic E-state index is 12.3. The molecule has 1 aliphatic heterocycles. The zero-order chi connectivity index (χ0) is 17.1. The fraction of sp³-hybridized carbons (Fsp3) is 0.500. The van der Waals surface area contributed by atoms with Gasteiger partial charge in [0.2, 0.25) is 17.6 Å². The molecule has 1 aliphatic rings. The molecule has 0 bridgehead atoms. The van der Waals surface area contributed by atoms with Crippen molar-refractivity contribution in [2.45, 2.75) is 6.42 Å². The van der Waals surface area contributed by atoms with Gasteiger partial charge in [-0.25, -0.2) is 0 Å². The van der Waals surface area contributed by atoms with E-state index in [1.54, 1.807) is 31.1 Å². The minimum Gasteiger partial charge on any atom is -0.493 e. The summed E-state index contributed by atoms with van der Waals surface area (Å²) >= 11 is 0. The van der Waals surface area contributed by atoms with Gasteiger partial charge >= 0.3 is 0 Å². The maximum Gasteiger partial charge on any atom is 0.227 e. The van der Waals surface area contributed by atoms with Gasteiger partial charge in [-0.1, -0.05) is 0 Å². The normalized spacial score (nSPS) is 17.2. The Morgan fingerprint density at radius 1 is 1.13 bits per heavy atom. The van der Waals surface area contributed by atoms with E-state index in [0.29, 0.717) is 29.5 Å². The molecule has 0 spiro atoms. The number of ether oxygens (including phenoxy) is 3. The Kier molecular flexibility index (Phi) is 4.98. The van der Waals surface area contributed by atoms with Gasteiger partial charge in [-0.05, 0) is 0 Å². The second kappa shape index (κ2) is 6.76. The largest absolute Gasteiger partial charge is 0.493 e. The predicted molar refractivity (Wildman–Crippen MR) is 85.3 cm³/mol. The van der Waals surface area contributed by atoms with Gasteiger partial charge in [0, 0.05) is 39.2 Å². The van der Waals surface area contributed by atoms with E-state index in [0.717, 1.165) is 0 Å². The Balaban J connectivity index is 2.35. The summed E-state index contributed by atoms with van der Waals surface area (Å²) in [6.07, 6.45) is 0.202. The van der Waals surface area contributed by atoms with Crippen molar-refractivity contribution >= 4 is 17.5 Å². The van der Waals surface area contributed by atoms with Crippen LogP contribution < -0.4 is 19.1 Å². The highest BCUT2D eigenvalue weighted by Gasteiger charge is 2.36. The van der Waals surface area contributed by atoms with Crippen molar-refractivity contribution in [1.29, 1.82) is 0 Å². The zero-order valence-electron chi connectivity index (χ0n) is 14.1. The Hall–Kier alpha value is -2.44. The highest BCUT2D eigenvalue weighted by Crippen LogP contribution is 2.42. The first-order valence-electron chi connectivity index (χ1n) is 7.24. The standard InChI is InChI=1S/C16H22N2O5/c1-17(2)16(20)10-6-14(19)18(9-10)11-7-12(21-3)15(23-5)13(8-11)22-4/h7-8,10H,6,9H2,1-5H3/t10-/m1/s1. The van der Waals surface area contributed by atoms with E-state index in [-0.39, 0.29) is 24.2 Å². The number of amides is 2. The SMILES string of the molecule is COc1cc(N2C[C@H](C(=O)N(C)C)CC2=O)cc(OC)c1OC. The lowest BCUT2D eigenvalue weighted by Crippen LogP contribution is -2.32. The summed E-state index contributed by atoms with van der Waals surface area (Å²) in [6.45, 7) is 0.342. The van der Waals surface area contributed by atoms with Crippen LogP contribution in [-0.4, -0.2) is 58.7 Å². The first-order chi connectivity index (χ1) is 10.9. The average molecular weight is 322 g/mol. The molecule has 0 aliphatic carbocycles. The second-order valence-corrected chi connectivity index (χ2v) is 5.52. The van der Waals surface area contributed by atoms with Gasteiger partial charge in [0.1, 0.15) is 0 Å². The molecule has 2 rings (SSSR count). The Morgan fingerprint density at radius 2 is 1.70 bits per heavy atom. The number of carbonyl (C=O) groups excluding carboxylic acids is 2. The molecule has 7 heteroatoms. The molecule has 0 N–H and O–H groups in total. The van der Waals surface area contributed by atoms with Gasteiger partial charge in [-0.2, -0.15) is 0 Å². The molecule has 23 heavy (non-hydrogen) atoms. The van der Waals surface area contributed by atoms with Crippen molar-refractivity contribution in [1.82, 2.24) is 4.90 Å². The highest BCUT2D eigenvalue weighted by molar-refractivity contribution is 6.00. The van der Waals surface area contributed by atoms with Crippen LogP contribution in [-0.2, 0) is 9.59 Å². The van der Waals surface area contributed by atoms with Crippen molar-refractivity contribution in [3.05, 3.63) is 12.1 Å². The monoisotopic (exact) mass is 322 g/mol. The number of methoxy groups -OCH3 is 3. The van der Waals surface area contributed by atoms with Crippen LogP contribution in [0.3, 0.4) is 0 Å². The van der Waals surface area contributed by atoms with Gasteiger partial charge in [-0.15, -0.1) is 0 Å². The maximum atomic E-state index is 12.3. The van der Waals surface area contributed by atoms with E-state index in [4.69, 9.17) is 14.2 Å². The molecule has 7 nitrogen and oxygen atoms in total. The fourth-order valence-corrected chi connectivity index (χ4v) is 2.71. The van der Waals surface area contributed by atoms with E-state index in [9.17, 15) is 9.59 Å². The van der Waals surface area contributed by atoms with Crippen LogP contribution in [0.25, 0.3) is 0 Å². The van der Waals surface area contributed by atoms with E-state index in [1.165, 1.54) is 26.2 Å². The summed E-state index contributed by atoms with van der Waals surface area (Å²) in [5.41, 5.74) is 0.624. The summed E-state index contributed by atoms with van der Waals surface area (Å²) in [4.78, 5) is 27.5. The zero-order valence-corrected chi connectivity index (χ0v) is 14.1. The molecule has 0 saturated carbocycles. The summed E-state index contributed by atoms with van der Waals surface area (Å²) in [6, 6.07) is 3.42. The summed E-state index contributed by atoms with van der Waals surface area (Å²) in [5.74, 6) is 0.921. The number of benzene rings is 1. The molecule has 0 unspecified atom stereocenters. The number of hydrogen-bond acceptors (Lipinski definition) is 5. The topological polar surface area (TPSA) is 68.3 Å². The highest BCUT2D eigenvalue weighted by atomic mass is 16.5. The lowest BCUT2D eigenvalue weighted by molar-refractivity contribution is -0.133. The molecule has 126 valence electrons. The minimum absolute atomic E-state index is 0.0479. The molecule has 1 saturated heterocycles. The summed E-state index contributed by atoms with van der Waals surface area (Å²) in [7, 11) is 7.94. The molecular weight excluding hydrogens is 300 g/mol. The summed E-state index contributed by atoms with van der Waals surface area (Å²) in [5, 5.41) is 0. The van der Waals surface area contributed by atoms with Crippen LogP contribution >= 0.6 is 0 Å². The molecule has 0 aromatic heterocycles. The molecule has 1 fully saturated rings. The van der Waals surface area contributed by atoms with Crippen molar-refractivity contribution in [3.8, 4) is 17.2 Å². The Bertz CT molecular complexity index is 589. The molecule has 0 radical (unpaired) electrons. The first kappa shape index (κ1) is 16.9. The number of carbonyl (C=O) groups is 2. The lowest BCUT2D eigenvalue weighted by atomic mass is 10.1. The van der Waals surface area contributed by atoms with Gasteiger partial charge in [0.25, 0.3) is 0 Å². The summed E-state index contributed by atoms with van der Waals surface area (Å²) < 4.78 is 15.9. The van der Waals surface area contributed by atoms with Gasteiger partial charge in [0.05, 0.1) is 32.9 Å². The Labute approximate surface area is 135 Å². The second-order valence-electron chi connectivity index (χ2n) is 5.52. The van der Waals surface area contributed by atoms with Gasteiger partial charge in [0.15, 0.2) is 11.5 Å². The van der Waals surface area contributed by atoms with Crippen molar-refractivity contribution in [3.63, 3.8) is 0 Å². The van der Waals surface area contributed by atoms with Crippen LogP contribution in [0.15, 0.2) is 12.1 Å². The van der Waals surface area contributed by atoms with Crippen molar-refractivity contribution in [2.24, 2.45) is 5.92 Å². The van der Waals surface area contributed by atoms with Gasteiger partial charge in [-0.3, -0.25) is 9.59 Å². The molecular formula is C16H22N2O5. The third-order valence-electron chi connectivity index (χ3n) is 3.88. The third-order valence-corrected chi connectivity index (χ3v) is 3.88. The van der Waals surface area contributed by atoms with Gasteiger partial charge < -0.3 is 24.0 Å². The van der Waals surface area contributed by atoms with E-state index >= 15 is 0 Å². The van der Waals surface area contributed by atoms with Crippen LogP contribution in [0.4, 0.5) is 5.69 Å². The minimum atomic E-state index is -0.336. The van der Waals surface area contributed by atoms with Crippen LogP contribution in [0.5, 0.6) is 17.2 Å². The third kappa shape index (κ3) is 3.18. The van der Waals surface area contributed by atoms with E-state index in [2.05, 4.69) is 0 Å². The average Bonchev–Trinajstić information content (AvgIpc) is 2.94. The van der Waals surface area contributed by atoms with Crippen LogP contribution in [0, 0.1) is 5.92 Å². The number of hydrogen-bond donors (Lipinski definition) is 0. The van der Waals surface area contributed by atoms with Crippen molar-refractivity contribution < 1.29 is 23.8 Å². The molecule has 1 aromatic carbocycles. The van der Waals surface area contributed by atoms with Crippen LogP contribution in [0.2, 0.25) is 0 Å². The van der Waals surface area contributed by atoms with Crippen molar-refractivity contribution in [2.75, 3.05) is 46.9 Å². The molecule has 1 atom stereocenters. The number of rotatable bonds is 5. The first-order valence-corrected chi connectivity index (χ1v) is 7.24. The van der Waals surface area contributed by atoms with E-state index < -0.39 is 0 Å². The molecule has 2 amide bonds. The smallest absolute Gasteiger partial charge is 0.227 e. The quantitative estimate of drug-likeness (QED) is 0.813. The van der Waals surface area contributed by atoms with Crippen LogP contribution in [0.1, 0.15) is 6.42 Å². The Morgan fingerprint density at radius 3 is 2.13 bits per heavy atom. The fourth-order valence-electron chi connectivity index (χ4n) is 2.71. The lowest BCUT2D eigenvalue weighted by Gasteiger charge is -2.21. The predicted octanol–water partition coefficient (Wildman–Crippen LogP) is 1.15. The molecule has 1 heterocycles. The van der Waals surface area contributed by atoms with E-state index in [1.807, 2.05) is 0 Å². The number of anilines is 1. The molecule has 1 aromatic rings.